The Morgan fingerprint density at radius 2 is 1.85 bits per heavy atom. The van der Waals surface area contributed by atoms with Crippen LogP contribution >= 0.6 is 11.6 Å². The first-order valence-electron chi connectivity index (χ1n) is 13.2. The number of nitrogens with zero attached hydrogens (tertiary/aromatic N) is 3. The van der Waals surface area contributed by atoms with Crippen LogP contribution in [-0.4, -0.2) is 49.3 Å². The Bertz CT molecular complexity index is 1090. The standard InChI is InChI=1S/C27H33N5O3.C2H6.CH3Cl/c1-3-17-31(21-28-2)18-7-16-29-23-10-12-24(13-11-23)30-26-15-14-25(19-27(26)32(33)34)35-20-22-8-5-4-6-9-22;2*1-2/h3,5,8-15,17,19,21,29-30H,4,6-7,16,18,20H2,1-2H3;1-2H3;1H3/b17-3-,28-21?;;. The third-order valence-corrected chi connectivity index (χ3v) is 5.33. The summed E-state index contributed by atoms with van der Waals surface area (Å²) >= 11 is 4.64. The molecule has 39 heavy (non-hydrogen) atoms. The van der Waals surface area contributed by atoms with Gasteiger partial charge in [-0.2, -0.15) is 0 Å². The van der Waals surface area contributed by atoms with Crippen molar-refractivity contribution in [1.29, 1.82) is 0 Å². The van der Waals surface area contributed by atoms with Gasteiger partial charge < -0.3 is 20.3 Å². The topological polar surface area (TPSA) is 92.0 Å². The largest absolute Gasteiger partial charge is 0.489 e. The molecule has 2 aromatic carbocycles. The highest BCUT2D eigenvalue weighted by molar-refractivity contribution is 6.15. The number of ether oxygens (including phenoxy) is 1. The van der Waals surface area contributed by atoms with Crippen molar-refractivity contribution in [3.05, 3.63) is 88.7 Å². The van der Waals surface area contributed by atoms with Crippen LogP contribution in [-0.2, 0) is 0 Å². The quantitative estimate of drug-likeness (QED) is 0.0646. The fraction of sp³-hybridized carbons (Fsp3) is 0.367. The van der Waals surface area contributed by atoms with Crippen LogP contribution in [0.15, 0.2) is 83.5 Å². The molecule has 8 nitrogen and oxygen atoms in total. The van der Waals surface area contributed by atoms with E-state index in [1.165, 1.54) is 12.4 Å². The van der Waals surface area contributed by atoms with Crippen molar-refractivity contribution >= 4 is 40.7 Å². The minimum absolute atomic E-state index is 0.0285. The number of nitro groups is 1. The predicted molar refractivity (Wildman–Crippen MR) is 167 cm³/mol. The van der Waals surface area contributed by atoms with Crippen LogP contribution in [0, 0.1) is 10.1 Å². The van der Waals surface area contributed by atoms with Crippen molar-refractivity contribution in [3.63, 3.8) is 0 Å². The summed E-state index contributed by atoms with van der Waals surface area (Å²) in [4.78, 5) is 17.4. The number of benzene rings is 2. The number of hydrogen-bond acceptors (Lipinski definition) is 6. The fourth-order valence-electron chi connectivity index (χ4n) is 3.63. The lowest BCUT2D eigenvalue weighted by molar-refractivity contribution is -0.384. The molecule has 0 saturated carbocycles. The van der Waals surface area contributed by atoms with Crippen molar-refractivity contribution in [2.75, 3.05) is 43.8 Å². The predicted octanol–water partition coefficient (Wildman–Crippen LogP) is 8.17. The second-order valence-electron chi connectivity index (χ2n) is 8.06. The van der Waals surface area contributed by atoms with Gasteiger partial charge in [0.2, 0.25) is 0 Å². The zero-order valence-electron chi connectivity index (χ0n) is 23.7. The molecular formula is C30H42ClN5O3. The summed E-state index contributed by atoms with van der Waals surface area (Å²) in [6, 6.07) is 12.6. The van der Waals surface area contributed by atoms with Crippen LogP contribution in [0.5, 0.6) is 5.75 Å². The van der Waals surface area contributed by atoms with Gasteiger partial charge in [-0.05, 0) is 68.2 Å². The number of aliphatic imine (C=N–C) groups is 1. The highest BCUT2D eigenvalue weighted by atomic mass is 35.5. The second kappa shape index (κ2) is 20.2. The molecule has 0 radical (unpaired) electrons. The molecule has 0 aliphatic heterocycles. The first-order chi connectivity index (χ1) is 19.1. The van der Waals surface area contributed by atoms with Gasteiger partial charge in [0.1, 0.15) is 18.0 Å². The number of anilines is 3. The van der Waals surface area contributed by atoms with Gasteiger partial charge in [0.25, 0.3) is 5.69 Å². The molecule has 3 rings (SSSR count). The van der Waals surface area contributed by atoms with Crippen LogP contribution < -0.4 is 15.4 Å². The minimum Gasteiger partial charge on any atom is -0.489 e. The van der Waals surface area contributed by atoms with Gasteiger partial charge in [-0.15, -0.1) is 11.6 Å². The van der Waals surface area contributed by atoms with E-state index < -0.39 is 4.92 Å². The molecule has 0 atom stereocenters. The minimum atomic E-state index is -0.398. The van der Waals surface area contributed by atoms with Gasteiger partial charge in [0.05, 0.1) is 17.3 Å². The SMILES string of the molecule is C/C=C\N(C=NC)CCCNc1ccc(Nc2ccc(OCC3=CCCC=C3)cc2[N+](=O)[O-])cc1.CC.CCl. The Morgan fingerprint density at radius 1 is 1.13 bits per heavy atom. The summed E-state index contributed by atoms with van der Waals surface area (Å²) in [5.41, 5.74) is 3.23. The monoisotopic (exact) mass is 555 g/mol. The zero-order valence-corrected chi connectivity index (χ0v) is 24.4. The number of halogens is 1. The fourth-order valence-corrected chi connectivity index (χ4v) is 3.63. The average molecular weight is 556 g/mol. The summed E-state index contributed by atoms with van der Waals surface area (Å²) < 4.78 is 5.77. The van der Waals surface area contributed by atoms with E-state index in [9.17, 15) is 10.1 Å². The molecule has 0 aromatic heterocycles. The number of rotatable bonds is 13. The van der Waals surface area contributed by atoms with Crippen LogP contribution in [0.3, 0.4) is 0 Å². The summed E-state index contributed by atoms with van der Waals surface area (Å²) in [6.45, 7) is 8.06. The summed E-state index contributed by atoms with van der Waals surface area (Å²) in [5, 5.41) is 18.2. The highest BCUT2D eigenvalue weighted by Gasteiger charge is 2.16. The van der Waals surface area contributed by atoms with Gasteiger partial charge in [-0.25, -0.2) is 0 Å². The van der Waals surface area contributed by atoms with E-state index in [4.69, 9.17) is 4.74 Å². The molecule has 9 heteroatoms. The number of nitrogens with one attached hydrogen (secondary N) is 2. The number of nitro benzene ring substituents is 1. The maximum Gasteiger partial charge on any atom is 0.296 e. The Labute approximate surface area is 238 Å². The van der Waals surface area contributed by atoms with Gasteiger partial charge in [-0.1, -0.05) is 38.2 Å². The third kappa shape index (κ3) is 12.5. The highest BCUT2D eigenvalue weighted by Crippen LogP contribution is 2.32. The van der Waals surface area contributed by atoms with E-state index in [0.717, 1.165) is 49.3 Å². The molecule has 0 amide bonds. The Balaban J connectivity index is 0.00000181. The van der Waals surface area contributed by atoms with Gasteiger partial charge in [0.15, 0.2) is 0 Å². The van der Waals surface area contributed by atoms with E-state index in [1.54, 1.807) is 19.2 Å². The normalized spacial score (nSPS) is 12.1. The zero-order chi connectivity index (χ0) is 28.9. The van der Waals surface area contributed by atoms with Crippen molar-refractivity contribution in [1.82, 2.24) is 4.90 Å². The van der Waals surface area contributed by atoms with E-state index in [-0.39, 0.29) is 5.69 Å². The lowest BCUT2D eigenvalue weighted by Gasteiger charge is -2.15. The lowest BCUT2D eigenvalue weighted by atomic mass is 10.1. The first kappa shape index (κ1) is 33.2. The molecule has 0 bridgehead atoms. The van der Waals surface area contributed by atoms with Gasteiger partial charge >= 0.3 is 0 Å². The Hall–Kier alpha value is -3.78. The van der Waals surface area contributed by atoms with Crippen molar-refractivity contribution in [2.45, 2.75) is 40.0 Å². The third-order valence-electron chi connectivity index (χ3n) is 5.33. The molecule has 2 aromatic rings. The maximum absolute atomic E-state index is 11.7. The first-order valence-corrected chi connectivity index (χ1v) is 13.9. The number of alkyl halides is 1. The van der Waals surface area contributed by atoms with Crippen LogP contribution in [0.2, 0.25) is 0 Å². The molecule has 1 aliphatic rings. The smallest absolute Gasteiger partial charge is 0.296 e. The molecular weight excluding hydrogens is 514 g/mol. The molecule has 0 fully saturated rings. The summed E-state index contributed by atoms with van der Waals surface area (Å²) in [7, 11) is 1.76. The number of hydrogen-bond donors (Lipinski definition) is 2. The number of allylic oxidation sites excluding steroid dienone is 3. The molecule has 0 unspecified atom stereocenters. The van der Waals surface area contributed by atoms with Crippen LogP contribution in [0.25, 0.3) is 0 Å². The van der Waals surface area contributed by atoms with E-state index in [0.29, 0.717) is 18.0 Å². The average Bonchev–Trinajstić information content (AvgIpc) is 2.98. The Morgan fingerprint density at radius 3 is 2.46 bits per heavy atom. The van der Waals surface area contributed by atoms with E-state index in [2.05, 4.69) is 39.4 Å². The molecule has 212 valence electrons. The molecule has 0 heterocycles. The van der Waals surface area contributed by atoms with Crippen LogP contribution in [0.1, 0.15) is 40.0 Å². The molecule has 2 N–H and O–H groups in total. The van der Waals surface area contributed by atoms with E-state index in [1.807, 2.05) is 74.6 Å². The second-order valence-corrected chi connectivity index (χ2v) is 8.06. The van der Waals surface area contributed by atoms with Crippen molar-refractivity contribution < 1.29 is 9.66 Å². The van der Waals surface area contributed by atoms with Gasteiger partial charge in [-0.3, -0.25) is 15.1 Å². The summed E-state index contributed by atoms with van der Waals surface area (Å²) in [5.74, 6) is 0.472. The molecule has 1 aliphatic carbocycles. The van der Waals surface area contributed by atoms with Gasteiger partial charge in [0, 0.05) is 44.1 Å². The lowest BCUT2D eigenvalue weighted by Crippen LogP contribution is -2.19. The van der Waals surface area contributed by atoms with Crippen LogP contribution in [0.4, 0.5) is 22.7 Å². The molecule has 0 saturated heterocycles. The maximum atomic E-state index is 11.7. The van der Waals surface area contributed by atoms with Crippen molar-refractivity contribution in [2.24, 2.45) is 4.99 Å². The summed E-state index contributed by atoms with van der Waals surface area (Å²) in [6.07, 6.45) is 16.5. The van der Waals surface area contributed by atoms with Crippen molar-refractivity contribution in [3.8, 4) is 5.75 Å². The molecule has 0 spiro atoms. The Kier molecular flexibility index (Phi) is 17.2. The van der Waals surface area contributed by atoms with E-state index >= 15 is 0 Å².